The van der Waals surface area contributed by atoms with Crippen molar-refractivity contribution >= 4 is 29.5 Å². The number of hydrogen-bond acceptors (Lipinski definition) is 6. The average molecular weight is 597 g/mol. The van der Waals surface area contributed by atoms with Crippen LogP contribution in [0.25, 0.3) is 0 Å². The van der Waals surface area contributed by atoms with E-state index in [9.17, 15) is 32.6 Å². The van der Waals surface area contributed by atoms with E-state index < -0.39 is 58.8 Å². The summed E-state index contributed by atoms with van der Waals surface area (Å²) < 4.78 is 46.8. The first-order valence-corrected chi connectivity index (χ1v) is 16.7. The van der Waals surface area contributed by atoms with E-state index in [4.69, 9.17) is 4.74 Å². The summed E-state index contributed by atoms with van der Waals surface area (Å²) in [7, 11) is -8.27. The van der Waals surface area contributed by atoms with Crippen molar-refractivity contribution in [3.63, 3.8) is 0 Å². The van der Waals surface area contributed by atoms with Crippen molar-refractivity contribution in [2.45, 2.75) is 71.3 Å². The number of aryl methyl sites for hydroxylation is 1. The lowest BCUT2D eigenvalue weighted by Crippen LogP contribution is -2.41. The van der Waals surface area contributed by atoms with Crippen LogP contribution in [0.2, 0.25) is 0 Å². The molecule has 2 rings (SSSR count). The Morgan fingerprint density at radius 3 is 2.23 bits per heavy atom. The van der Waals surface area contributed by atoms with Gasteiger partial charge >= 0.3 is 12.1 Å². The first kappa shape index (κ1) is 33.5. The summed E-state index contributed by atoms with van der Waals surface area (Å²) in [6, 6.07) is 15.7. The SMILES string of the molecule is CC(C)C(NS(=O)(=O)CCCc1ccccc1)P(=O)(O)CC(C(=O)O)c1cccc(CNC(=O)OC(C)(C)C)c1. The van der Waals surface area contributed by atoms with E-state index in [2.05, 4.69) is 10.0 Å². The fourth-order valence-corrected chi connectivity index (χ4v) is 8.62. The molecule has 0 aromatic heterocycles. The van der Waals surface area contributed by atoms with Crippen LogP contribution in [-0.2, 0) is 37.1 Å². The molecule has 12 heteroatoms. The summed E-state index contributed by atoms with van der Waals surface area (Å²) in [6.07, 6.45) is -0.448. The summed E-state index contributed by atoms with van der Waals surface area (Å²) in [4.78, 5) is 35.2. The molecule has 0 radical (unpaired) electrons. The van der Waals surface area contributed by atoms with Gasteiger partial charge in [-0.25, -0.2) is 17.9 Å². The monoisotopic (exact) mass is 596 g/mol. The Morgan fingerprint density at radius 1 is 1.02 bits per heavy atom. The molecule has 0 aliphatic carbocycles. The minimum atomic E-state index is -4.35. The number of hydrogen-bond donors (Lipinski definition) is 4. The molecule has 1 amide bonds. The molecule has 0 spiro atoms. The van der Waals surface area contributed by atoms with Crippen LogP contribution in [0, 0.1) is 5.92 Å². The molecule has 0 aliphatic heterocycles. The maximum Gasteiger partial charge on any atom is 0.407 e. The highest BCUT2D eigenvalue weighted by atomic mass is 32.2. The number of carbonyl (C=O) groups is 2. The largest absolute Gasteiger partial charge is 0.481 e. The van der Waals surface area contributed by atoms with E-state index in [0.29, 0.717) is 18.4 Å². The predicted octanol–water partition coefficient (Wildman–Crippen LogP) is 4.68. The summed E-state index contributed by atoms with van der Waals surface area (Å²) >= 11 is 0. The zero-order valence-electron chi connectivity index (χ0n) is 23.7. The van der Waals surface area contributed by atoms with Gasteiger partial charge in [0.15, 0.2) is 0 Å². The third kappa shape index (κ3) is 11.4. The van der Waals surface area contributed by atoms with E-state index >= 15 is 0 Å². The zero-order chi connectivity index (χ0) is 30.1. The van der Waals surface area contributed by atoms with Crippen LogP contribution in [-0.4, -0.2) is 53.8 Å². The van der Waals surface area contributed by atoms with Crippen molar-refractivity contribution in [1.82, 2.24) is 10.0 Å². The number of alkyl carbamates (subject to hydrolysis) is 1. The zero-order valence-corrected chi connectivity index (χ0v) is 25.4. The average Bonchev–Trinajstić information content (AvgIpc) is 2.84. The lowest BCUT2D eigenvalue weighted by atomic mass is 9.99. The molecule has 2 aromatic carbocycles. The smallest absolute Gasteiger partial charge is 0.407 e. The molecule has 0 saturated carbocycles. The molecule has 40 heavy (non-hydrogen) atoms. The van der Waals surface area contributed by atoms with Crippen molar-refractivity contribution in [2.75, 3.05) is 11.9 Å². The third-order valence-electron chi connectivity index (χ3n) is 6.02. The van der Waals surface area contributed by atoms with E-state index in [-0.39, 0.29) is 17.9 Å². The van der Waals surface area contributed by atoms with E-state index in [1.165, 1.54) is 12.1 Å². The second-order valence-corrected chi connectivity index (χ2v) is 15.5. The van der Waals surface area contributed by atoms with Crippen LogP contribution in [0.1, 0.15) is 63.6 Å². The molecule has 3 atom stereocenters. The second kappa shape index (κ2) is 14.3. The summed E-state index contributed by atoms with van der Waals surface area (Å²) in [6.45, 7) is 8.47. The number of aliphatic carboxylic acids is 1. The lowest BCUT2D eigenvalue weighted by molar-refractivity contribution is -0.138. The molecule has 0 heterocycles. The van der Waals surface area contributed by atoms with Gasteiger partial charge in [-0.2, -0.15) is 0 Å². The maximum atomic E-state index is 13.5. The Hall–Kier alpha value is -2.72. The Morgan fingerprint density at radius 2 is 1.65 bits per heavy atom. The number of carbonyl (C=O) groups excluding carboxylic acids is 1. The molecular weight excluding hydrogens is 555 g/mol. The molecule has 0 saturated heterocycles. The van der Waals surface area contributed by atoms with Gasteiger partial charge in [-0.15, -0.1) is 0 Å². The Balaban J connectivity index is 2.14. The van der Waals surface area contributed by atoms with Gasteiger partial charge in [-0.3, -0.25) is 9.36 Å². The summed E-state index contributed by atoms with van der Waals surface area (Å²) in [5, 5.41) is 12.5. The summed E-state index contributed by atoms with van der Waals surface area (Å²) in [5.41, 5.74) is 1.14. The molecule has 0 bridgehead atoms. The molecule has 222 valence electrons. The molecular formula is C28H41N2O8PS. The molecule has 0 aliphatic rings. The number of rotatable bonds is 14. The van der Waals surface area contributed by atoms with Crippen molar-refractivity contribution in [3.05, 3.63) is 71.3 Å². The minimum Gasteiger partial charge on any atom is -0.481 e. The number of carboxylic acid groups (broad SMARTS) is 1. The first-order valence-electron chi connectivity index (χ1n) is 13.1. The Labute approximate surface area is 237 Å². The normalized spacial score (nSPS) is 15.2. The number of benzene rings is 2. The standard InChI is InChI=1S/C28H41N2O8PS/c1-20(2)25(30-40(36,37)16-10-14-21-11-7-6-8-12-21)39(34,35)19-24(26(31)32)23-15-9-13-22(17-23)18-29-27(33)38-28(3,4)5/h6-9,11-13,15,17,20,24-25,30H,10,14,16,18-19H2,1-5H3,(H,29,33)(H,31,32)(H,34,35). The van der Waals surface area contributed by atoms with Crippen molar-refractivity contribution in [2.24, 2.45) is 5.92 Å². The highest BCUT2D eigenvalue weighted by Crippen LogP contribution is 2.51. The van der Waals surface area contributed by atoms with Crippen molar-refractivity contribution in [1.29, 1.82) is 0 Å². The number of ether oxygens (including phenoxy) is 1. The number of carboxylic acids is 1. The Bertz CT molecular complexity index is 1290. The van der Waals surface area contributed by atoms with Gasteiger partial charge in [-0.1, -0.05) is 68.4 Å². The topological polar surface area (TPSA) is 159 Å². The minimum absolute atomic E-state index is 0.0588. The van der Waals surface area contributed by atoms with Crippen LogP contribution in [0.15, 0.2) is 54.6 Å². The van der Waals surface area contributed by atoms with Crippen LogP contribution in [0.5, 0.6) is 0 Å². The molecule has 4 N–H and O–H groups in total. The molecule has 2 aromatic rings. The van der Waals surface area contributed by atoms with E-state index in [1.54, 1.807) is 46.8 Å². The number of nitrogens with one attached hydrogen (secondary N) is 2. The van der Waals surface area contributed by atoms with Crippen molar-refractivity contribution in [3.8, 4) is 0 Å². The molecule has 0 fully saturated rings. The first-order chi connectivity index (χ1) is 18.5. The predicted molar refractivity (Wildman–Crippen MR) is 155 cm³/mol. The van der Waals surface area contributed by atoms with Gasteiger partial charge in [0, 0.05) is 12.7 Å². The van der Waals surface area contributed by atoms with Crippen LogP contribution >= 0.6 is 7.37 Å². The summed E-state index contributed by atoms with van der Waals surface area (Å²) in [5.74, 6) is -4.85. The van der Waals surface area contributed by atoms with Gasteiger partial charge in [0.25, 0.3) is 0 Å². The van der Waals surface area contributed by atoms with Gasteiger partial charge in [0.1, 0.15) is 11.4 Å². The van der Waals surface area contributed by atoms with E-state index in [0.717, 1.165) is 5.56 Å². The van der Waals surface area contributed by atoms with Gasteiger partial charge in [0.2, 0.25) is 17.4 Å². The molecule has 3 unspecified atom stereocenters. The van der Waals surface area contributed by atoms with Gasteiger partial charge in [-0.05, 0) is 56.2 Å². The van der Waals surface area contributed by atoms with Gasteiger partial charge < -0.3 is 20.1 Å². The highest BCUT2D eigenvalue weighted by molar-refractivity contribution is 7.89. The quantitative estimate of drug-likeness (QED) is 0.229. The van der Waals surface area contributed by atoms with Crippen LogP contribution in [0.4, 0.5) is 4.79 Å². The Kier molecular flexibility index (Phi) is 11.9. The third-order valence-corrected chi connectivity index (χ3v) is 10.1. The molecule has 10 nitrogen and oxygen atoms in total. The van der Waals surface area contributed by atoms with Crippen LogP contribution in [0.3, 0.4) is 0 Å². The van der Waals surface area contributed by atoms with Crippen LogP contribution < -0.4 is 10.0 Å². The fourth-order valence-electron chi connectivity index (χ4n) is 4.15. The number of amides is 1. The lowest BCUT2D eigenvalue weighted by Gasteiger charge is -2.29. The van der Waals surface area contributed by atoms with E-state index in [1.807, 2.05) is 30.3 Å². The fraction of sp³-hybridized carbons (Fsp3) is 0.500. The second-order valence-electron chi connectivity index (χ2n) is 11.1. The van der Waals surface area contributed by atoms with Crippen molar-refractivity contribution < 1.29 is 37.3 Å². The number of sulfonamides is 1. The van der Waals surface area contributed by atoms with Gasteiger partial charge in [0.05, 0.1) is 11.7 Å². The maximum absolute atomic E-state index is 13.5. The highest BCUT2D eigenvalue weighted by Gasteiger charge is 2.40.